The smallest absolute Gasteiger partial charge is 0.294 e. The lowest BCUT2D eigenvalue weighted by Gasteiger charge is -2.32. The maximum Gasteiger partial charge on any atom is 0.294 e. The minimum Gasteiger partial charge on any atom is -0.504 e. The standard InChI is InChI=1S/C23H28N4O11S/c1-9-12(14(29)16(31)15(30)13(9)28)18(38-2)23(36,37)25-8-7-10-3-5-11(6-4-10)26-20(33)22(34,35)17-19(32)39-21(24)27-17/h3-6,18,25,28-32,34-37H,7-8H2,1-2H3,(H2,24,27)(H,26,33). The molecule has 0 saturated carbocycles. The summed E-state index contributed by atoms with van der Waals surface area (Å²) in [6.07, 6.45) is -1.50. The topological polar surface area (TPSA) is 271 Å². The number of aromatic hydroxyl groups is 5. The molecule has 1 aromatic heterocycles. The Morgan fingerprint density at radius 3 is 2.15 bits per heavy atom. The number of nitrogen functional groups attached to an aromatic ring is 1. The van der Waals surface area contributed by atoms with Crippen LogP contribution in [0.5, 0.6) is 28.1 Å². The first kappa shape index (κ1) is 29.7. The van der Waals surface area contributed by atoms with Gasteiger partial charge in [-0.05, 0) is 31.0 Å². The van der Waals surface area contributed by atoms with Crippen molar-refractivity contribution in [2.75, 3.05) is 24.7 Å². The number of thiazole rings is 1. The van der Waals surface area contributed by atoms with E-state index in [1.54, 1.807) is 12.1 Å². The summed E-state index contributed by atoms with van der Waals surface area (Å²) in [6, 6.07) is 5.99. The molecule has 13 N–H and O–H groups in total. The van der Waals surface area contributed by atoms with Crippen molar-refractivity contribution in [1.82, 2.24) is 10.3 Å². The van der Waals surface area contributed by atoms with Gasteiger partial charge in [-0.25, -0.2) is 4.98 Å². The highest BCUT2D eigenvalue weighted by molar-refractivity contribution is 7.17. The van der Waals surface area contributed by atoms with E-state index in [9.17, 15) is 50.8 Å². The van der Waals surface area contributed by atoms with E-state index in [0.717, 1.165) is 7.11 Å². The number of methoxy groups -OCH3 is 1. The molecule has 0 fully saturated rings. The van der Waals surface area contributed by atoms with E-state index in [-0.39, 0.29) is 34.9 Å². The van der Waals surface area contributed by atoms with E-state index in [0.29, 0.717) is 16.9 Å². The molecular weight excluding hydrogens is 540 g/mol. The van der Waals surface area contributed by atoms with Crippen LogP contribution < -0.4 is 16.4 Å². The Morgan fingerprint density at radius 2 is 1.62 bits per heavy atom. The lowest BCUT2D eigenvalue weighted by Crippen LogP contribution is -2.51. The lowest BCUT2D eigenvalue weighted by molar-refractivity contribution is -0.255. The van der Waals surface area contributed by atoms with Crippen molar-refractivity contribution in [2.45, 2.75) is 31.1 Å². The molecule has 16 heteroatoms. The summed E-state index contributed by atoms with van der Waals surface area (Å²) in [4.78, 5) is 15.9. The van der Waals surface area contributed by atoms with Crippen LogP contribution in [0.25, 0.3) is 0 Å². The quantitative estimate of drug-likeness (QED) is 0.0835. The van der Waals surface area contributed by atoms with Gasteiger partial charge in [0.25, 0.3) is 17.6 Å². The average Bonchev–Trinajstić information content (AvgIpc) is 3.23. The van der Waals surface area contributed by atoms with Gasteiger partial charge in [-0.1, -0.05) is 23.5 Å². The maximum atomic E-state index is 12.3. The average molecular weight is 569 g/mol. The summed E-state index contributed by atoms with van der Waals surface area (Å²) in [6.45, 7) is 1.20. The summed E-state index contributed by atoms with van der Waals surface area (Å²) in [5, 5.41) is 94.8. The van der Waals surface area contributed by atoms with Crippen LogP contribution in [0.2, 0.25) is 0 Å². The molecular formula is C23H28N4O11S. The number of nitrogens with one attached hydrogen (secondary N) is 2. The highest BCUT2D eigenvalue weighted by atomic mass is 32.1. The zero-order valence-corrected chi connectivity index (χ0v) is 21.4. The number of hydrogen-bond acceptors (Lipinski definition) is 15. The van der Waals surface area contributed by atoms with Crippen LogP contribution >= 0.6 is 11.3 Å². The predicted molar refractivity (Wildman–Crippen MR) is 136 cm³/mol. The van der Waals surface area contributed by atoms with Crippen LogP contribution in [0.1, 0.15) is 28.5 Å². The molecule has 0 aliphatic carbocycles. The fourth-order valence-corrected chi connectivity index (χ4v) is 4.38. The first-order valence-electron chi connectivity index (χ1n) is 11.1. The van der Waals surface area contributed by atoms with Crippen LogP contribution in [-0.2, 0) is 21.7 Å². The van der Waals surface area contributed by atoms with Crippen molar-refractivity contribution in [3.63, 3.8) is 0 Å². The third-order valence-corrected chi connectivity index (χ3v) is 6.52. The van der Waals surface area contributed by atoms with Crippen LogP contribution in [0.15, 0.2) is 24.3 Å². The zero-order chi connectivity index (χ0) is 29.3. The van der Waals surface area contributed by atoms with Crippen molar-refractivity contribution < 1.29 is 55.5 Å². The molecule has 1 amide bonds. The van der Waals surface area contributed by atoms with E-state index in [1.807, 2.05) is 0 Å². The summed E-state index contributed by atoms with van der Waals surface area (Å²) in [5.74, 6) is -11.0. The second kappa shape index (κ2) is 11.1. The molecule has 3 aromatic rings. The molecule has 2 aromatic carbocycles. The molecule has 0 radical (unpaired) electrons. The van der Waals surface area contributed by atoms with E-state index in [2.05, 4.69) is 15.6 Å². The SMILES string of the molecule is COC(c1c(C)c(O)c(O)c(O)c1O)C(O)(O)NCCc1ccc(NC(=O)C(O)(O)c2nc(N)sc2O)cc1. The van der Waals surface area contributed by atoms with E-state index < -0.39 is 57.5 Å². The number of aromatic nitrogens is 1. The summed E-state index contributed by atoms with van der Waals surface area (Å²) in [7, 11) is 1.10. The Morgan fingerprint density at radius 1 is 1.03 bits per heavy atom. The largest absolute Gasteiger partial charge is 0.504 e. The van der Waals surface area contributed by atoms with Crippen molar-refractivity contribution >= 4 is 28.1 Å². The fraction of sp³-hybridized carbons (Fsp3) is 0.304. The number of aliphatic hydroxyl groups is 4. The molecule has 0 saturated heterocycles. The van der Waals surface area contributed by atoms with E-state index in [4.69, 9.17) is 10.5 Å². The van der Waals surface area contributed by atoms with Gasteiger partial charge in [-0.15, -0.1) is 0 Å². The number of nitrogens with zero attached hydrogens (tertiary/aromatic N) is 1. The molecule has 212 valence electrons. The minimum atomic E-state index is -3.15. The normalized spacial score (nSPS) is 12.9. The number of ether oxygens (including phenoxy) is 1. The van der Waals surface area contributed by atoms with Crippen LogP contribution in [0, 0.1) is 6.92 Å². The Kier molecular flexibility index (Phi) is 8.42. The highest BCUT2D eigenvalue weighted by Gasteiger charge is 2.42. The number of benzene rings is 2. The number of phenols is 4. The maximum absolute atomic E-state index is 12.3. The third kappa shape index (κ3) is 5.91. The van der Waals surface area contributed by atoms with Crippen LogP contribution in [-0.4, -0.2) is 76.4 Å². The molecule has 1 unspecified atom stereocenters. The van der Waals surface area contributed by atoms with Gasteiger partial charge in [0.1, 0.15) is 0 Å². The van der Waals surface area contributed by atoms with Gasteiger partial charge in [0.05, 0.1) is 0 Å². The van der Waals surface area contributed by atoms with Crippen molar-refractivity contribution in [3.05, 3.63) is 46.6 Å². The summed E-state index contributed by atoms with van der Waals surface area (Å²) < 4.78 is 5.10. The van der Waals surface area contributed by atoms with Crippen molar-refractivity contribution in [1.29, 1.82) is 0 Å². The molecule has 1 atom stereocenters. The molecule has 0 bridgehead atoms. The Hall–Kier alpha value is -3.90. The third-order valence-electron chi connectivity index (χ3n) is 5.83. The van der Waals surface area contributed by atoms with Gasteiger partial charge in [0, 0.05) is 30.5 Å². The molecule has 3 rings (SSSR count). The van der Waals surface area contributed by atoms with E-state index in [1.165, 1.54) is 19.1 Å². The molecule has 39 heavy (non-hydrogen) atoms. The second-order valence-corrected chi connectivity index (χ2v) is 9.49. The Balaban J connectivity index is 1.65. The van der Waals surface area contributed by atoms with Crippen molar-refractivity contribution in [3.8, 4) is 28.1 Å². The molecule has 0 aliphatic rings. The summed E-state index contributed by atoms with van der Waals surface area (Å²) in [5.41, 5.74) is 4.97. The van der Waals surface area contributed by atoms with Crippen LogP contribution in [0.4, 0.5) is 10.8 Å². The van der Waals surface area contributed by atoms with Crippen LogP contribution in [0.3, 0.4) is 0 Å². The van der Waals surface area contributed by atoms with Gasteiger partial charge in [0.15, 0.2) is 28.4 Å². The van der Waals surface area contributed by atoms with Gasteiger partial charge in [0.2, 0.25) is 16.6 Å². The minimum absolute atomic E-state index is 0.0602. The Labute approximate surface area is 224 Å². The first-order valence-corrected chi connectivity index (χ1v) is 11.9. The van der Waals surface area contributed by atoms with Gasteiger partial charge >= 0.3 is 0 Å². The lowest BCUT2D eigenvalue weighted by atomic mass is 9.97. The highest BCUT2D eigenvalue weighted by Crippen LogP contribution is 2.50. The monoisotopic (exact) mass is 568 g/mol. The van der Waals surface area contributed by atoms with Gasteiger partial charge in [-0.3, -0.25) is 10.1 Å². The molecule has 0 aliphatic heterocycles. The number of amides is 1. The molecule has 1 heterocycles. The number of rotatable bonds is 10. The number of carbonyl (C=O) groups is 1. The zero-order valence-electron chi connectivity index (χ0n) is 20.6. The van der Waals surface area contributed by atoms with Gasteiger partial charge < -0.3 is 61.7 Å². The van der Waals surface area contributed by atoms with E-state index >= 15 is 0 Å². The number of carbonyl (C=O) groups excluding carboxylic acids is 1. The predicted octanol–water partition coefficient (Wildman–Crippen LogP) is -0.504. The fourth-order valence-electron chi connectivity index (χ4n) is 3.76. The van der Waals surface area contributed by atoms with Gasteiger partial charge in [-0.2, -0.15) is 0 Å². The molecule has 15 nitrogen and oxygen atoms in total. The number of phenolic OH excluding ortho intramolecular Hbond substituents is 4. The number of anilines is 2. The Bertz CT molecular complexity index is 1330. The second-order valence-electron chi connectivity index (χ2n) is 8.48. The summed E-state index contributed by atoms with van der Waals surface area (Å²) >= 11 is 0.564. The first-order chi connectivity index (χ1) is 18.1. The number of hydrogen-bond donors (Lipinski definition) is 12. The van der Waals surface area contributed by atoms with Crippen molar-refractivity contribution in [2.24, 2.45) is 0 Å². The number of nitrogens with two attached hydrogens (primary N) is 1. The molecule has 0 spiro atoms.